The van der Waals surface area contributed by atoms with Crippen LogP contribution in [0.4, 0.5) is 0 Å². The Morgan fingerprint density at radius 2 is 1.07 bits per heavy atom. The molecule has 0 heterocycles. The van der Waals surface area contributed by atoms with E-state index >= 15 is 0 Å². The minimum absolute atomic E-state index is 0.625. The summed E-state index contributed by atoms with van der Waals surface area (Å²) in [4.78, 5) is 0. The fourth-order valence-corrected chi connectivity index (χ4v) is 1.02. The molecule has 0 spiro atoms. The summed E-state index contributed by atoms with van der Waals surface area (Å²) in [5.74, 6) is 0. The van der Waals surface area contributed by atoms with Gasteiger partial charge in [-0.3, -0.25) is 0 Å². The molecule has 0 unspecified atom stereocenters. The van der Waals surface area contributed by atoms with E-state index in [1.54, 1.807) is 0 Å². The van der Waals surface area contributed by atoms with Crippen LogP contribution in [0.1, 0.15) is 74.7 Å². The first kappa shape index (κ1) is 19.5. The van der Waals surface area contributed by atoms with E-state index in [1.807, 2.05) is 13.8 Å². The third-order valence-corrected chi connectivity index (χ3v) is 1.37. The maximum atomic E-state index is 3.31. The van der Waals surface area contributed by atoms with Gasteiger partial charge in [0.1, 0.15) is 0 Å². The Morgan fingerprint density at radius 3 is 1.07 bits per heavy atom. The summed E-state index contributed by atoms with van der Waals surface area (Å²) in [5.41, 5.74) is 0. The van der Waals surface area contributed by atoms with Crippen LogP contribution in [0, 0.1) is 0 Å². The first-order chi connectivity index (χ1) is 6.54. The van der Waals surface area contributed by atoms with Crippen molar-refractivity contribution in [2.24, 2.45) is 0 Å². The highest BCUT2D eigenvalue weighted by Gasteiger charge is 1.92. The van der Waals surface area contributed by atoms with Gasteiger partial charge in [-0.25, -0.2) is 0 Å². The second kappa shape index (κ2) is 18.7. The van der Waals surface area contributed by atoms with Crippen LogP contribution in [0.25, 0.3) is 0 Å². The lowest BCUT2D eigenvalue weighted by Crippen LogP contribution is -2.29. The Kier molecular flexibility index (Phi) is 26.1. The van der Waals surface area contributed by atoms with E-state index in [9.17, 15) is 0 Å². The Hall–Kier alpha value is -0.0400. The van der Waals surface area contributed by atoms with E-state index in [0.29, 0.717) is 12.1 Å². The van der Waals surface area contributed by atoms with Crippen LogP contribution in [0.2, 0.25) is 0 Å². The van der Waals surface area contributed by atoms with Crippen molar-refractivity contribution < 1.29 is 0 Å². The molecule has 0 saturated carbocycles. The second-order valence-corrected chi connectivity index (χ2v) is 3.83. The summed E-state index contributed by atoms with van der Waals surface area (Å²) >= 11 is 0. The molecule has 0 saturated heterocycles. The zero-order valence-corrected chi connectivity index (χ0v) is 11.8. The molecule has 0 aliphatic heterocycles. The monoisotopic (exact) mass is 203 g/mol. The van der Waals surface area contributed by atoms with Crippen LogP contribution in [0.5, 0.6) is 0 Å². The van der Waals surface area contributed by atoms with Crippen LogP contribution in [-0.4, -0.2) is 12.1 Å². The highest BCUT2D eigenvalue weighted by molar-refractivity contribution is 4.55. The van der Waals surface area contributed by atoms with Crippen LogP contribution < -0.4 is 5.32 Å². The van der Waals surface area contributed by atoms with Gasteiger partial charge in [0.15, 0.2) is 0 Å². The second-order valence-electron chi connectivity index (χ2n) is 3.83. The van der Waals surface area contributed by atoms with Gasteiger partial charge in [-0.05, 0) is 0 Å². The molecule has 0 atom stereocenters. The maximum Gasteiger partial charge on any atom is 0.00127 e. The predicted octanol–water partition coefficient (Wildman–Crippen LogP) is 4.62. The van der Waals surface area contributed by atoms with Crippen molar-refractivity contribution >= 4 is 0 Å². The molecule has 0 rings (SSSR count). The summed E-state index contributed by atoms with van der Waals surface area (Å²) in [5, 5.41) is 3.31. The highest BCUT2D eigenvalue weighted by Crippen LogP contribution is 1.88. The van der Waals surface area contributed by atoms with Gasteiger partial charge < -0.3 is 5.32 Å². The van der Waals surface area contributed by atoms with Crippen LogP contribution in [-0.2, 0) is 0 Å². The Bertz CT molecular complexity index is 59.6. The molecule has 90 valence electrons. The predicted molar refractivity (Wildman–Crippen MR) is 70.0 cm³/mol. The summed E-state index contributed by atoms with van der Waals surface area (Å²) in [6, 6.07) is 1.25. The van der Waals surface area contributed by atoms with Gasteiger partial charge in [0, 0.05) is 12.1 Å². The molecule has 0 radical (unpaired) electrons. The summed E-state index contributed by atoms with van der Waals surface area (Å²) in [6.07, 6.45) is 4.08. The molecule has 14 heavy (non-hydrogen) atoms. The van der Waals surface area contributed by atoms with Gasteiger partial charge >= 0.3 is 0 Å². The van der Waals surface area contributed by atoms with Crippen LogP contribution in [0.3, 0.4) is 0 Å². The van der Waals surface area contributed by atoms with E-state index < -0.39 is 0 Å². The van der Waals surface area contributed by atoms with Gasteiger partial charge in [-0.1, -0.05) is 74.7 Å². The third kappa shape index (κ3) is 40.4. The lowest BCUT2D eigenvalue weighted by atomic mass is 10.3. The molecule has 0 fully saturated rings. The maximum absolute atomic E-state index is 3.31. The van der Waals surface area contributed by atoms with Gasteiger partial charge in [0.25, 0.3) is 0 Å². The Labute approximate surface area is 92.7 Å². The topological polar surface area (TPSA) is 12.0 Å². The van der Waals surface area contributed by atoms with E-state index in [1.165, 1.54) is 19.3 Å². The number of unbranched alkanes of at least 4 members (excludes halogenated alkanes) is 2. The zero-order chi connectivity index (χ0) is 12.0. The average Bonchev–Trinajstić information content (AvgIpc) is 2.08. The molecule has 1 heteroatoms. The van der Waals surface area contributed by atoms with Crippen molar-refractivity contribution in [3.63, 3.8) is 0 Å². The molecule has 0 aromatic carbocycles. The van der Waals surface area contributed by atoms with Gasteiger partial charge in [0.05, 0.1) is 0 Å². The molecule has 0 bridgehead atoms. The van der Waals surface area contributed by atoms with E-state index in [2.05, 4.69) is 46.9 Å². The lowest BCUT2D eigenvalue weighted by Gasteiger charge is -2.10. The van der Waals surface area contributed by atoms with E-state index in [0.717, 1.165) is 0 Å². The Balaban J connectivity index is -0.000000152. The third-order valence-electron chi connectivity index (χ3n) is 1.37. The van der Waals surface area contributed by atoms with Gasteiger partial charge in [0.2, 0.25) is 0 Å². The number of hydrogen-bond donors (Lipinski definition) is 1. The largest absolute Gasteiger partial charge is 0.312 e. The van der Waals surface area contributed by atoms with E-state index in [4.69, 9.17) is 0 Å². The SMILES string of the molecule is CC.CC(C)NC(C)C.CCCCC. The number of rotatable bonds is 4. The molecular weight excluding hydrogens is 170 g/mol. The normalized spacial score (nSPS) is 9.00. The molecule has 0 aliphatic carbocycles. The van der Waals surface area contributed by atoms with Crippen molar-refractivity contribution in [2.45, 2.75) is 86.7 Å². The van der Waals surface area contributed by atoms with Crippen LogP contribution in [0.15, 0.2) is 0 Å². The molecular formula is C13H33N. The molecule has 0 aromatic rings. The molecule has 0 aliphatic rings. The highest BCUT2D eigenvalue weighted by atomic mass is 14.9. The first-order valence-electron chi connectivity index (χ1n) is 6.30. The average molecular weight is 203 g/mol. The van der Waals surface area contributed by atoms with Crippen molar-refractivity contribution in [1.82, 2.24) is 5.32 Å². The minimum atomic E-state index is 0.625. The van der Waals surface area contributed by atoms with Crippen molar-refractivity contribution in [3.8, 4) is 0 Å². The standard InChI is InChI=1S/C6H15N.C5H12.C2H6/c1-5(2)7-6(3)4;1-3-5-4-2;1-2/h5-7H,1-4H3;3-5H2,1-2H3;1-2H3. The zero-order valence-electron chi connectivity index (χ0n) is 11.8. The smallest absolute Gasteiger partial charge is 0.00127 e. The quantitative estimate of drug-likeness (QED) is 0.703. The van der Waals surface area contributed by atoms with Crippen molar-refractivity contribution in [1.29, 1.82) is 0 Å². The number of nitrogens with one attached hydrogen (secondary N) is 1. The fourth-order valence-electron chi connectivity index (χ4n) is 1.02. The van der Waals surface area contributed by atoms with Crippen molar-refractivity contribution in [2.75, 3.05) is 0 Å². The summed E-state index contributed by atoms with van der Waals surface area (Å²) in [6.45, 7) is 17.0. The van der Waals surface area contributed by atoms with Crippen LogP contribution >= 0.6 is 0 Å². The van der Waals surface area contributed by atoms with Gasteiger partial charge in [-0.2, -0.15) is 0 Å². The number of hydrogen-bond acceptors (Lipinski definition) is 1. The lowest BCUT2D eigenvalue weighted by molar-refractivity contribution is 0.518. The summed E-state index contributed by atoms with van der Waals surface area (Å²) < 4.78 is 0. The summed E-state index contributed by atoms with van der Waals surface area (Å²) in [7, 11) is 0. The molecule has 0 amide bonds. The fraction of sp³-hybridized carbons (Fsp3) is 1.00. The molecule has 0 aromatic heterocycles. The minimum Gasteiger partial charge on any atom is -0.312 e. The molecule has 1 nitrogen and oxygen atoms in total. The van der Waals surface area contributed by atoms with Crippen molar-refractivity contribution in [3.05, 3.63) is 0 Å². The first-order valence-corrected chi connectivity index (χ1v) is 6.30. The Morgan fingerprint density at radius 1 is 0.786 bits per heavy atom. The molecule has 1 N–H and O–H groups in total. The van der Waals surface area contributed by atoms with E-state index in [-0.39, 0.29) is 0 Å². The van der Waals surface area contributed by atoms with Gasteiger partial charge in [-0.15, -0.1) is 0 Å².